The molecule has 148 valence electrons. The number of carbonyl (C=O) groups excluding carboxylic acids is 1. The van der Waals surface area contributed by atoms with Gasteiger partial charge in [0.25, 0.3) is 0 Å². The number of amides is 1. The predicted octanol–water partition coefficient (Wildman–Crippen LogP) is 3.36. The van der Waals surface area contributed by atoms with Crippen LogP contribution in [0.3, 0.4) is 0 Å². The molecular formula is C20H25N5O2S. The number of para-hydroxylation sites is 2. The van der Waals surface area contributed by atoms with Crippen molar-refractivity contribution in [1.82, 2.24) is 19.3 Å². The van der Waals surface area contributed by atoms with Crippen LogP contribution in [0, 0.1) is 0 Å². The number of hydrogen-bond acceptors (Lipinski definition) is 5. The minimum absolute atomic E-state index is 0.105. The molecule has 0 aliphatic rings. The van der Waals surface area contributed by atoms with Crippen LogP contribution in [0.1, 0.15) is 25.4 Å². The van der Waals surface area contributed by atoms with Gasteiger partial charge >= 0.3 is 0 Å². The number of rotatable bonds is 9. The zero-order valence-corrected chi connectivity index (χ0v) is 17.2. The van der Waals surface area contributed by atoms with E-state index in [0.29, 0.717) is 24.5 Å². The van der Waals surface area contributed by atoms with Crippen molar-refractivity contribution < 1.29 is 9.53 Å². The Kier molecular flexibility index (Phi) is 6.76. The number of benzene rings is 1. The second-order valence-corrected chi connectivity index (χ2v) is 7.14. The minimum atomic E-state index is -0.105. The summed E-state index contributed by atoms with van der Waals surface area (Å²) in [5.74, 6) is 1.72. The second-order valence-electron chi connectivity index (χ2n) is 6.20. The number of nitrogens with zero attached hydrogens (tertiary/aromatic N) is 4. The fraction of sp³-hybridized carbons (Fsp3) is 0.350. The van der Waals surface area contributed by atoms with Crippen LogP contribution >= 0.6 is 11.8 Å². The molecule has 0 bridgehead atoms. The van der Waals surface area contributed by atoms with E-state index in [-0.39, 0.29) is 11.7 Å². The fourth-order valence-corrected chi connectivity index (χ4v) is 3.71. The molecule has 7 nitrogen and oxygen atoms in total. The first-order chi connectivity index (χ1) is 13.6. The third-order valence-corrected chi connectivity index (χ3v) is 5.26. The number of thioether (sulfide) groups is 1. The summed E-state index contributed by atoms with van der Waals surface area (Å²) in [6.45, 7) is 5.27. The van der Waals surface area contributed by atoms with Crippen LogP contribution in [-0.4, -0.2) is 37.6 Å². The van der Waals surface area contributed by atoms with E-state index in [1.165, 1.54) is 17.5 Å². The first-order valence-corrected chi connectivity index (χ1v) is 10.3. The molecule has 8 heteroatoms. The SMILES string of the molecule is CCOc1ccccc1NC(=O)CSc1nnc(Cc2cccn2C)n1CC. The smallest absolute Gasteiger partial charge is 0.234 e. The van der Waals surface area contributed by atoms with E-state index < -0.39 is 0 Å². The molecule has 3 rings (SSSR count). The van der Waals surface area contributed by atoms with Gasteiger partial charge in [0, 0.05) is 31.9 Å². The van der Waals surface area contributed by atoms with Gasteiger partial charge < -0.3 is 19.2 Å². The van der Waals surface area contributed by atoms with Gasteiger partial charge in [-0.2, -0.15) is 0 Å². The Morgan fingerprint density at radius 3 is 2.71 bits per heavy atom. The quantitative estimate of drug-likeness (QED) is 0.559. The van der Waals surface area contributed by atoms with Gasteiger partial charge in [0.2, 0.25) is 5.91 Å². The summed E-state index contributed by atoms with van der Waals surface area (Å²) in [6, 6.07) is 11.5. The summed E-state index contributed by atoms with van der Waals surface area (Å²) in [4.78, 5) is 12.4. The summed E-state index contributed by atoms with van der Waals surface area (Å²) in [5.41, 5.74) is 1.85. The van der Waals surface area contributed by atoms with Crippen molar-refractivity contribution >= 4 is 23.4 Å². The first kappa shape index (κ1) is 20.0. The first-order valence-electron chi connectivity index (χ1n) is 9.29. The molecule has 1 N–H and O–H groups in total. The third kappa shape index (κ3) is 4.75. The number of aryl methyl sites for hydroxylation is 1. The van der Waals surface area contributed by atoms with E-state index in [9.17, 15) is 4.79 Å². The molecular weight excluding hydrogens is 374 g/mol. The molecule has 1 amide bonds. The summed E-state index contributed by atoms with van der Waals surface area (Å²) in [5, 5.41) is 12.3. The lowest BCUT2D eigenvalue weighted by molar-refractivity contribution is -0.113. The van der Waals surface area contributed by atoms with Crippen LogP contribution < -0.4 is 10.1 Å². The molecule has 0 radical (unpaired) electrons. The summed E-state index contributed by atoms with van der Waals surface area (Å²) in [7, 11) is 2.02. The molecule has 0 spiro atoms. The molecule has 0 aliphatic heterocycles. The van der Waals surface area contributed by atoms with Crippen LogP contribution in [-0.2, 0) is 24.8 Å². The van der Waals surface area contributed by atoms with Gasteiger partial charge in [-0.05, 0) is 38.1 Å². The number of nitrogens with one attached hydrogen (secondary N) is 1. The van der Waals surface area contributed by atoms with Crippen LogP contribution in [0.4, 0.5) is 5.69 Å². The van der Waals surface area contributed by atoms with Crippen LogP contribution in [0.5, 0.6) is 5.75 Å². The molecule has 2 heterocycles. The lowest BCUT2D eigenvalue weighted by atomic mass is 10.3. The van der Waals surface area contributed by atoms with E-state index in [1.807, 2.05) is 50.5 Å². The number of carbonyl (C=O) groups is 1. The Morgan fingerprint density at radius 1 is 1.18 bits per heavy atom. The number of anilines is 1. The summed E-state index contributed by atoms with van der Waals surface area (Å²) < 4.78 is 9.68. The number of hydrogen-bond donors (Lipinski definition) is 1. The number of ether oxygens (including phenoxy) is 1. The van der Waals surface area contributed by atoms with Gasteiger partial charge in [-0.25, -0.2) is 0 Å². The Morgan fingerprint density at radius 2 is 2.00 bits per heavy atom. The zero-order valence-electron chi connectivity index (χ0n) is 16.4. The Hall–Kier alpha value is -2.74. The normalized spacial score (nSPS) is 10.8. The maximum absolute atomic E-state index is 12.4. The molecule has 0 fully saturated rings. The maximum Gasteiger partial charge on any atom is 0.234 e. The fourth-order valence-electron chi connectivity index (χ4n) is 2.88. The molecule has 0 saturated carbocycles. The van der Waals surface area contributed by atoms with Crippen LogP contribution in [0.25, 0.3) is 0 Å². The standard InChI is InChI=1S/C20H25N5O2S/c1-4-25-18(13-15-9-8-12-24(15)3)22-23-20(25)28-14-19(26)21-16-10-6-7-11-17(16)27-5-2/h6-12H,4-5,13-14H2,1-3H3,(H,21,26). The van der Waals surface area contributed by atoms with Gasteiger partial charge in [-0.15, -0.1) is 10.2 Å². The van der Waals surface area contributed by atoms with E-state index >= 15 is 0 Å². The van der Waals surface area contributed by atoms with Gasteiger partial charge in [-0.1, -0.05) is 23.9 Å². The van der Waals surface area contributed by atoms with E-state index in [2.05, 4.69) is 37.6 Å². The average Bonchev–Trinajstić information content (AvgIpc) is 3.28. The molecule has 28 heavy (non-hydrogen) atoms. The Bertz CT molecular complexity index is 934. The highest BCUT2D eigenvalue weighted by Gasteiger charge is 2.15. The average molecular weight is 400 g/mol. The summed E-state index contributed by atoms with van der Waals surface area (Å²) in [6.07, 6.45) is 2.72. The number of aromatic nitrogens is 4. The van der Waals surface area contributed by atoms with Crippen molar-refractivity contribution in [2.45, 2.75) is 32.0 Å². The largest absolute Gasteiger partial charge is 0.492 e. The van der Waals surface area contributed by atoms with Crippen molar-refractivity contribution in [2.24, 2.45) is 7.05 Å². The zero-order chi connectivity index (χ0) is 19.9. The van der Waals surface area contributed by atoms with E-state index in [4.69, 9.17) is 4.74 Å². The van der Waals surface area contributed by atoms with Gasteiger partial charge in [0.1, 0.15) is 11.6 Å². The van der Waals surface area contributed by atoms with E-state index in [0.717, 1.165) is 17.5 Å². The molecule has 0 saturated heterocycles. The van der Waals surface area contributed by atoms with Crippen molar-refractivity contribution in [2.75, 3.05) is 17.7 Å². The van der Waals surface area contributed by atoms with Crippen molar-refractivity contribution in [3.05, 3.63) is 54.1 Å². The second kappa shape index (κ2) is 9.45. The van der Waals surface area contributed by atoms with Crippen LogP contribution in [0.2, 0.25) is 0 Å². The highest BCUT2D eigenvalue weighted by Crippen LogP contribution is 2.25. The molecule has 3 aromatic rings. The molecule has 0 unspecified atom stereocenters. The maximum atomic E-state index is 12.4. The van der Waals surface area contributed by atoms with Gasteiger partial charge in [-0.3, -0.25) is 4.79 Å². The molecule has 0 aliphatic carbocycles. The van der Waals surface area contributed by atoms with Crippen molar-refractivity contribution in [3.8, 4) is 5.75 Å². The van der Waals surface area contributed by atoms with Crippen LogP contribution in [0.15, 0.2) is 47.8 Å². The lowest BCUT2D eigenvalue weighted by Crippen LogP contribution is -2.15. The lowest BCUT2D eigenvalue weighted by Gasteiger charge is -2.11. The van der Waals surface area contributed by atoms with Gasteiger partial charge in [0.05, 0.1) is 18.0 Å². The summed E-state index contributed by atoms with van der Waals surface area (Å²) >= 11 is 1.39. The molecule has 0 atom stereocenters. The van der Waals surface area contributed by atoms with Crippen molar-refractivity contribution in [3.63, 3.8) is 0 Å². The monoisotopic (exact) mass is 399 g/mol. The molecule has 1 aromatic carbocycles. The molecule has 2 aromatic heterocycles. The van der Waals surface area contributed by atoms with E-state index in [1.54, 1.807) is 0 Å². The predicted molar refractivity (Wildman–Crippen MR) is 111 cm³/mol. The Labute approximate surface area is 169 Å². The van der Waals surface area contributed by atoms with Crippen molar-refractivity contribution in [1.29, 1.82) is 0 Å². The highest BCUT2D eigenvalue weighted by molar-refractivity contribution is 7.99. The topological polar surface area (TPSA) is 74.0 Å². The highest BCUT2D eigenvalue weighted by atomic mass is 32.2. The Balaban J connectivity index is 1.63. The minimum Gasteiger partial charge on any atom is -0.492 e. The van der Waals surface area contributed by atoms with Gasteiger partial charge in [0.15, 0.2) is 5.16 Å². The third-order valence-electron chi connectivity index (χ3n) is 4.29.